The number of hydrogen-bond acceptors (Lipinski definition) is 4. The minimum atomic E-state index is -0.636. The van der Waals surface area contributed by atoms with Gasteiger partial charge in [0.25, 0.3) is 5.56 Å². The summed E-state index contributed by atoms with van der Waals surface area (Å²) < 4.78 is 0. The first-order valence-corrected chi connectivity index (χ1v) is 7.54. The molecule has 0 atom stereocenters. The van der Waals surface area contributed by atoms with Gasteiger partial charge in [0.15, 0.2) is 0 Å². The highest BCUT2D eigenvalue weighted by molar-refractivity contribution is 5.76. The highest BCUT2D eigenvalue weighted by Gasteiger charge is 2.14. The monoisotopic (exact) mass is 296 g/mol. The summed E-state index contributed by atoms with van der Waals surface area (Å²) in [6.07, 6.45) is 4.50. The Balaban J connectivity index is 2.59. The first kappa shape index (κ1) is 17.1. The first-order chi connectivity index (χ1) is 10.1. The zero-order valence-corrected chi connectivity index (χ0v) is 12.8. The van der Waals surface area contributed by atoms with Crippen LogP contribution in [0.3, 0.4) is 0 Å². The van der Waals surface area contributed by atoms with Crippen LogP contribution in [0.15, 0.2) is 9.59 Å². The molecule has 7 heteroatoms. The van der Waals surface area contributed by atoms with E-state index in [0.29, 0.717) is 0 Å². The fourth-order valence-corrected chi connectivity index (χ4v) is 1.98. The average Bonchev–Trinajstić information content (AvgIpc) is 2.46. The van der Waals surface area contributed by atoms with Gasteiger partial charge in [0.2, 0.25) is 5.91 Å². The van der Waals surface area contributed by atoms with Crippen LogP contribution >= 0.6 is 0 Å². The molecule has 0 bridgehead atoms. The van der Waals surface area contributed by atoms with Crippen molar-refractivity contribution in [2.45, 2.75) is 52.4 Å². The molecule has 2 N–H and O–H groups in total. The highest BCUT2D eigenvalue weighted by Crippen LogP contribution is 2.04. The van der Waals surface area contributed by atoms with Crippen LogP contribution < -0.4 is 11.2 Å². The van der Waals surface area contributed by atoms with Crippen LogP contribution in [0.2, 0.25) is 0 Å². The van der Waals surface area contributed by atoms with E-state index in [1.807, 2.05) is 4.90 Å². The number of H-pyrrole nitrogens is 2. The van der Waals surface area contributed by atoms with Crippen LogP contribution in [0.1, 0.15) is 51.6 Å². The van der Waals surface area contributed by atoms with Gasteiger partial charge >= 0.3 is 5.69 Å². The number of carbonyl (C=O) groups is 1. The molecular weight excluding hydrogens is 272 g/mol. The molecule has 0 fully saturated rings. The van der Waals surface area contributed by atoms with E-state index in [1.54, 1.807) is 0 Å². The van der Waals surface area contributed by atoms with Crippen molar-refractivity contribution in [3.63, 3.8) is 0 Å². The number of nitrogens with one attached hydrogen (secondary N) is 2. The lowest BCUT2D eigenvalue weighted by atomic mass is 10.2. The third-order valence-electron chi connectivity index (χ3n) is 3.27. The maximum absolute atomic E-state index is 12.2. The molecule has 1 amide bonds. The summed E-state index contributed by atoms with van der Waals surface area (Å²) in [6.45, 7) is 5.69. The minimum Gasteiger partial charge on any atom is -0.343 e. The molecule has 1 rings (SSSR count). The number of unbranched alkanes of at least 4 members (excludes halogenated alkanes) is 2. The summed E-state index contributed by atoms with van der Waals surface area (Å²) in [4.78, 5) is 38.6. The van der Waals surface area contributed by atoms with Gasteiger partial charge in [-0.1, -0.05) is 26.7 Å². The number of nitrogens with zero attached hydrogens (tertiary/aromatic N) is 2. The predicted molar refractivity (Wildman–Crippen MR) is 80.2 cm³/mol. The second-order valence-corrected chi connectivity index (χ2v) is 5.04. The molecule has 7 nitrogen and oxygen atoms in total. The summed E-state index contributed by atoms with van der Waals surface area (Å²) in [5.74, 6) is 0.0318. The van der Waals surface area contributed by atoms with Gasteiger partial charge in [-0.25, -0.2) is 9.89 Å². The number of amides is 1. The van der Waals surface area contributed by atoms with Gasteiger partial charge < -0.3 is 4.90 Å². The number of aryl methyl sites for hydroxylation is 1. The molecule has 118 valence electrons. The van der Waals surface area contributed by atoms with Crippen molar-refractivity contribution in [2.75, 3.05) is 13.1 Å². The number of aromatic amines is 2. The molecule has 0 saturated heterocycles. The van der Waals surface area contributed by atoms with Gasteiger partial charge in [-0.05, 0) is 12.8 Å². The number of hydrogen-bond donors (Lipinski definition) is 2. The van der Waals surface area contributed by atoms with Crippen LogP contribution in [0, 0.1) is 0 Å². The van der Waals surface area contributed by atoms with Gasteiger partial charge in [-0.3, -0.25) is 14.6 Å². The summed E-state index contributed by atoms with van der Waals surface area (Å²) in [6, 6.07) is 0. The molecule has 0 unspecified atom stereocenters. The second kappa shape index (κ2) is 9.10. The van der Waals surface area contributed by atoms with Crippen molar-refractivity contribution >= 4 is 5.91 Å². The van der Waals surface area contributed by atoms with Crippen LogP contribution in [0.25, 0.3) is 0 Å². The van der Waals surface area contributed by atoms with Gasteiger partial charge in [0.1, 0.15) is 5.69 Å². The third kappa shape index (κ3) is 5.93. The molecule has 0 aliphatic heterocycles. The van der Waals surface area contributed by atoms with Crippen molar-refractivity contribution in [3.05, 3.63) is 26.5 Å². The van der Waals surface area contributed by atoms with Crippen molar-refractivity contribution in [2.24, 2.45) is 0 Å². The van der Waals surface area contributed by atoms with Gasteiger partial charge in [-0.2, -0.15) is 5.10 Å². The lowest BCUT2D eigenvalue weighted by Crippen LogP contribution is -2.34. The molecule has 1 heterocycles. The average molecular weight is 296 g/mol. The fraction of sp³-hybridized carbons (Fsp3) is 0.714. The summed E-state index contributed by atoms with van der Waals surface area (Å²) in [5.41, 5.74) is -0.975. The van der Waals surface area contributed by atoms with Crippen LogP contribution in [0.4, 0.5) is 0 Å². The largest absolute Gasteiger partial charge is 0.343 e. The Morgan fingerprint density at radius 3 is 2.29 bits per heavy atom. The molecular formula is C14H24N4O3. The van der Waals surface area contributed by atoms with Crippen molar-refractivity contribution < 1.29 is 4.79 Å². The van der Waals surface area contributed by atoms with Gasteiger partial charge in [-0.15, -0.1) is 0 Å². The molecule has 0 aliphatic rings. The van der Waals surface area contributed by atoms with Crippen LogP contribution in [-0.2, 0) is 11.2 Å². The highest BCUT2D eigenvalue weighted by atomic mass is 16.2. The van der Waals surface area contributed by atoms with E-state index in [-0.39, 0.29) is 24.4 Å². The van der Waals surface area contributed by atoms with Crippen LogP contribution in [-0.4, -0.2) is 39.1 Å². The second-order valence-electron chi connectivity index (χ2n) is 5.04. The molecule has 0 aromatic carbocycles. The quantitative estimate of drug-likeness (QED) is 0.704. The zero-order valence-electron chi connectivity index (χ0n) is 12.8. The summed E-state index contributed by atoms with van der Waals surface area (Å²) in [7, 11) is 0. The Kier molecular flexibility index (Phi) is 7.42. The molecule has 0 radical (unpaired) electrons. The van der Waals surface area contributed by atoms with Crippen molar-refractivity contribution in [1.29, 1.82) is 0 Å². The Bertz CT molecular complexity index is 542. The lowest BCUT2D eigenvalue weighted by Gasteiger charge is -2.22. The summed E-state index contributed by atoms with van der Waals surface area (Å²) >= 11 is 0. The molecule has 21 heavy (non-hydrogen) atoms. The Morgan fingerprint density at radius 1 is 1.14 bits per heavy atom. The fourth-order valence-electron chi connectivity index (χ4n) is 1.98. The van der Waals surface area contributed by atoms with E-state index in [4.69, 9.17) is 0 Å². The SMILES string of the molecule is CCCCN(CCCC)C(=O)CCc1n[nH]c(=O)[nH]c1=O. The van der Waals surface area contributed by atoms with Crippen molar-refractivity contribution in [1.82, 2.24) is 20.1 Å². The van der Waals surface area contributed by atoms with E-state index in [1.165, 1.54) is 0 Å². The van der Waals surface area contributed by atoms with Crippen LogP contribution in [0.5, 0.6) is 0 Å². The predicted octanol–water partition coefficient (Wildman–Crippen LogP) is 0.820. The Labute approximate surface area is 123 Å². The third-order valence-corrected chi connectivity index (χ3v) is 3.27. The maximum Gasteiger partial charge on any atom is 0.342 e. The molecule has 1 aromatic rings. The van der Waals surface area contributed by atoms with E-state index in [9.17, 15) is 14.4 Å². The smallest absolute Gasteiger partial charge is 0.342 e. The standard InChI is InChI=1S/C14H24N4O3/c1-3-5-9-18(10-6-4-2)12(19)8-7-11-13(20)15-14(21)17-16-11/h3-10H2,1-2H3,(H2,15,17,20,21). The summed E-state index contributed by atoms with van der Waals surface area (Å²) in [5, 5.41) is 5.86. The van der Waals surface area contributed by atoms with E-state index in [2.05, 4.69) is 29.0 Å². The topological polar surface area (TPSA) is 98.9 Å². The Hall–Kier alpha value is -1.92. The molecule has 0 spiro atoms. The minimum absolute atomic E-state index is 0.0318. The van der Waals surface area contributed by atoms with Gasteiger partial charge in [0, 0.05) is 25.9 Å². The maximum atomic E-state index is 12.2. The molecule has 0 aliphatic carbocycles. The zero-order chi connectivity index (χ0) is 15.7. The molecule has 0 saturated carbocycles. The van der Waals surface area contributed by atoms with E-state index in [0.717, 1.165) is 38.8 Å². The number of aromatic nitrogens is 3. The Morgan fingerprint density at radius 2 is 1.76 bits per heavy atom. The van der Waals surface area contributed by atoms with E-state index >= 15 is 0 Å². The first-order valence-electron chi connectivity index (χ1n) is 7.54. The normalized spacial score (nSPS) is 10.6. The van der Waals surface area contributed by atoms with E-state index < -0.39 is 11.2 Å². The molecule has 1 aromatic heterocycles. The number of rotatable bonds is 9. The van der Waals surface area contributed by atoms with Gasteiger partial charge in [0.05, 0.1) is 0 Å². The lowest BCUT2D eigenvalue weighted by molar-refractivity contribution is -0.131. The van der Waals surface area contributed by atoms with Crippen molar-refractivity contribution in [3.8, 4) is 0 Å². The number of carbonyl (C=O) groups excluding carboxylic acids is 1.